The molecule has 4 amide bonds. The standard InChI is InChI=1S/C40H40Br2N2O4/c1-5-9-11-13-21(7-3)43-37(45)25-17-15-23-34-30(42)20-28-32-26(38(46)44(40(28)48)22(8-4)14-12-10-6-2)18-16-24(36(32)34)33-29(41)19-27(39(43)47)31(25)35(23)33/h15-22H,5-14H2,1-4H3. The lowest BCUT2D eigenvalue weighted by Gasteiger charge is -2.35. The van der Waals surface area contributed by atoms with Crippen molar-refractivity contribution in [2.75, 3.05) is 0 Å². The normalized spacial score (nSPS) is 16.0. The summed E-state index contributed by atoms with van der Waals surface area (Å²) in [5, 5.41) is 6.48. The molecule has 0 bridgehead atoms. The maximum absolute atomic E-state index is 14.2. The van der Waals surface area contributed by atoms with E-state index in [-0.39, 0.29) is 35.7 Å². The summed E-state index contributed by atoms with van der Waals surface area (Å²) in [6, 6.07) is 11.1. The fraction of sp³-hybridized carbons (Fsp3) is 0.400. The lowest BCUT2D eigenvalue weighted by atomic mass is 9.81. The molecule has 2 aliphatic heterocycles. The van der Waals surface area contributed by atoms with Gasteiger partial charge in [-0.3, -0.25) is 29.0 Å². The fourth-order valence-corrected chi connectivity index (χ4v) is 9.64. The molecular formula is C40H40Br2N2O4. The summed E-state index contributed by atoms with van der Waals surface area (Å²) in [6.45, 7) is 8.38. The van der Waals surface area contributed by atoms with E-state index < -0.39 is 0 Å². The van der Waals surface area contributed by atoms with Crippen LogP contribution in [0.1, 0.15) is 133 Å². The van der Waals surface area contributed by atoms with Gasteiger partial charge in [-0.2, -0.15) is 0 Å². The highest BCUT2D eigenvalue weighted by atomic mass is 79.9. The zero-order valence-corrected chi connectivity index (χ0v) is 31.1. The largest absolute Gasteiger partial charge is 0.271 e. The third kappa shape index (κ3) is 4.76. The van der Waals surface area contributed by atoms with Crippen molar-refractivity contribution in [3.05, 3.63) is 67.6 Å². The molecule has 0 N–H and O–H groups in total. The summed E-state index contributed by atoms with van der Waals surface area (Å²) in [7, 11) is 0. The number of rotatable bonds is 12. The van der Waals surface area contributed by atoms with Crippen LogP contribution < -0.4 is 0 Å². The molecule has 7 rings (SSSR count). The van der Waals surface area contributed by atoms with Crippen molar-refractivity contribution in [2.24, 2.45) is 0 Å². The van der Waals surface area contributed by atoms with Gasteiger partial charge in [-0.05, 0) is 60.7 Å². The minimum atomic E-state index is -0.254. The van der Waals surface area contributed by atoms with Gasteiger partial charge in [-0.25, -0.2) is 0 Å². The average molecular weight is 773 g/mol. The second-order valence-electron chi connectivity index (χ2n) is 13.5. The van der Waals surface area contributed by atoms with Gasteiger partial charge in [0.1, 0.15) is 0 Å². The van der Waals surface area contributed by atoms with Gasteiger partial charge in [0.25, 0.3) is 23.6 Å². The van der Waals surface area contributed by atoms with E-state index in [4.69, 9.17) is 0 Å². The van der Waals surface area contributed by atoms with Gasteiger partial charge in [0.2, 0.25) is 0 Å². The number of hydrogen-bond acceptors (Lipinski definition) is 4. The maximum Gasteiger partial charge on any atom is 0.261 e. The first-order chi connectivity index (χ1) is 23.2. The molecule has 0 saturated heterocycles. The molecular weight excluding hydrogens is 732 g/mol. The molecule has 0 aliphatic carbocycles. The van der Waals surface area contributed by atoms with E-state index in [1.54, 1.807) is 0 Å². The molecule has 6 nitrogen and oxygen atoms in total. The highest BCUT2D eigenvalue weighted by Crippen LogP contribution is 2.50. The third-order valence-electron chi connectivity index (χ3n) is 10.8. The zero-order chi connectivity index (χ0) is 34.0. The van der Waals surface area contributed by atoms with E-state index in [0.29, 0.717) is 45.9 Å². The van der Waals surface area contributed by atoms with Crippen LogP contribution in [0.2, 0.25) is 0 Å². The van der Waals surface area contributed by atoms with Crippen molar-refractivity contribution in [2.45, 2.75) is 104 Å². The van der Waals surface area contributed by atoms with Crippen molar-refractivity contribution in [3.8, 4) is 0 Å². The molecule has 0 spiro atoms. The summed E-state index contributed by atoms with van der Waals surface area (Å²) in [4.78, 5) is 59.8. The highest BCUT2D eigenvalue weighted by Gasteiger charge is 2.41. The SMILES string of the molecule is CCCCCC(CC)N1C(=O)c2ccc3c4c(Br)cc5c6c(ccc(c7c(Br)cc(c2c37)C1=O)c64)C(=O)N(C(CC)CCCCC)C5=O. The van der Waals surface area contributed by atoms with Crippen LogP contribution in [-0.4, -0.2) is 45.5 Å². The van der Waals surface area contributed by atoms with Gasteiger partial charge < -0.3 is 0 Å². The van der Waals surface area contributed by atoms with Crippen LogP contribution in [0.25, 0.3) is 43.1 Å². The monoisotopic (exact) mass is 770 g/mol. The number of carbonyl (C=O) groups excluding carboxylic acids is 4. The second kappa shape index (κ2) is 12.8. The minimum absolute atomic E-state index is 0.162. The molecule has 2 aliphatic rings. The van der Waals surface area contributed by atoms with Gasteiger partial charge in [0.15, 0.2) is 0 Å². The molecule has 48 heavy (non-hydrogen) atoms. The molecule has 2 atom stereocenters. The molecule has 8 heteroatoms. The van der Waals surface area contributed by atoms with E-state index in [0.717, 1.165) is 92.6 Å². The molecule has 0 aromatic heterocycles. The molecule has 2 unspecified atom stereocenters. The highest BCUT2D eigenvalue weighted by molar-refractivity contribution is 9.11. The van der Waals surface area contributed by atoms with Crippen molar-refractivity contribution < 1.29 is 19.2 Å². The predicted molar refractivity (Wildman–Crippen MR) is 200 cm³/mol. The third-order valence-corrected chi connectivity index (χ3v) is 12.0. The summed E-state index contributed by atoms with van der Waals surface area (Å²) in [5.74, 6) is -0.995. The number of hydrogen-bond donors (Lipinski definition) is 0. The average Bonchev–Trinajstić information content (AvgIpc) is 3.08. The lowest BCUT2D eigenvalue weighted by molar-refractivity contribution is 0.0508. The van der Waals surface area contributed by atoms with Crippen molar-refractivity contribution in [3.63, 3.8) is 0 Å². The van der Waals surface area contributed by atoms with Crippen molar-refractivity contribution >= 4 is 98.6 Å². The number of amides is 4. The molecule has 2 heterocycles. The topological polar surface area (TPSA) is 74.8 Å². The molecule has 0 fully saturated rings. The van der Waals surface area contributed by atoms with E-state index in [1.165, 1.54) is 9.80 Å². The van der Waals surface area contributed by atoms with Crippen LogP contribution in [0, 0.1) is 0 Å². The molecule has 5 aromatic carbocycles. The molecule has 0 saturated carbocycles. The quantitative estimate of drug-likeness (QED) is 0.0548. The smallest absolute Gasteiger partial charge is 0.261 e. The van der Waals surface area contributed by atoms with Crippen molar-refractivity contribution in [1.29, 1.82) is 0 Å². The van der Waals surface area contributed by atoms with Crippen LogP contribution in [0.15, 0.2) is 45.3 Å². The van der Waals surface area contributed by atoms with Gasteiger partial charge in [0, 0.05) is 75.6 Å². The first kappa shape index (κ1) is 33.2. The summed E-state index contributed by atoms with van der Waals surface area (Å²) in [5.41, 5.74) is 2.11. The molecule has 248 valence electrons. The Morgan fingerprint density at radius 1 is 0.500 bits per heavy atom. The number of halogens is 2. The predicted octanol–water partition coefficient (Wildman–Crippen LogP) is 11.2. The summed E-state index contributed by atoms with van der Waals surface area (Å²) >= 11 is 7.68. The van der Waals surface area contributed by atoms with Crippen LogP contribution in [0.5, 0.6) is 0 Å². The fourth-order valence-electron chi connectivity index (χ4n) is 8.36. The number of benzene rings is 5. The summed E-state index contributed by atoms with van der Waals surface area (Å²) < 4.78 is 1.48. The Labute approximate surface area is 297 Å². The van der Waals surface area contributed by atoms with E-state index in [2.05, 4.69) is 45.7 Å². The Hall–Kier alpha value is -3.36. The van der Waals surface area contributed by atoms with Crippen LogP contribution in [0.4, 0.5) is 0 Å². The van der Waals surface area contributed by atoms with Gasteiger partial charge in [-0.15, -0.1) is 0 Å². The number of fused-ring (bicyclic) bond motifs is 2. The van der Waals surface area contributed by atoms with E-state index in [1.807, 2.05) is 50.2 Å². The molecule has 0 radical (unpaired) electrons. The maximum atomic E-state index is 14.2. The van der Waals surface area contributed by atoms with Gasteiger partial charge in [-0.1, -0.05) is 110 Å². The van der Waals surface area contributed by atoms with Crippen LogP contribution in [0.3, 0.4) is 0 Å². The number of carbonyl (C=O) groups is 4. The zero-order valence-electron chi connectivity index (χ0n) is 28.0. The van der Waals surface area contributed by atoms with Gasteiger partial charge >= 0.3 is 0 Å². The Bertz CT molecular complexity index is 2020. The van der Waals surface area contributed by atoms with Crippen LogP contribution in [-0.2, 0) is 0 Å². The number of unbranched alkanes of at least 4 members (excludes halogenated alkanes) is 4. The summed E-state index contributed by atoms with van der Waals surface area (Å²) in [6.07, 6.45) is 9.20. The minimum Gasteiger partial charge on any atom is -0.271 e. The Kier molecular flexibility index (Phi) is 8.86. The Morgan fingerprint density at radius 3 is 1.23 bits per heavy atom. The number of imide groups is 2. The Balaban J connectivity index is 1.47. The molecule has 5 aromatic rings. The van der Waals surface area contributed by atoms with E-state index >= 15 is 0 Å². The van der Waals surface area contributed by atoms with E-state index in [9.17, 15) is 19.2 Å². The first-order valence-corrected chi connectivity index (χ1v) is 19.1. The second-order valence-corrected chi connectivity index (χ2v) is 15.2. The van der Waals surface area contributed by atoms with Gasteiger partial charge in [0.05, 0.1) is 0 Å². The Morgan fingerprint density at radius 2 is 0.875 bits per heavy atom. The number of nitrogens with zero attached hydrogens (tertiary/aromatic N) is 2. The van der Waals surface area contributed by atoms with Crippen LogP contribution >= 0.6 is 31.9 Å². The first-order valence-electron chi connectivity index (χ1n) is 17.5. The lowest BCUT2D eigenvalue weighted by Crippen LogP contribution is -2.47. The van der Waals surface area contributed by atoms with Crippen molar-refractivity contribution in [1.82, 2.24) is 9.80 Å².